The minimum atomic E-state index is -0.466. The number of hydrogen-bond acceptors (Lipinski definition) is 4. The third-order valence-corrected chi connectivity index (χ3v) is 3.76. The average Bonchev–Trinajstić information content (AvgIpc) is 2.32. The Balaban J connectivity index is 1.78. The van der Waals surface area contributed by atoms with Crippen molar-refractivity contribution in [2.75, 3.05) is 7.05 Å². The van der Waals surface area contributed by atoms with Crippen molar-refractivity contribution < 1.29 is 14.3 Å². The molecule has 0 atom stereocenters. The Hall–Kier alpha value is -1.30. The number of aromatic nitrogens is 1. The monoisotopic (exact) mass is 356 g/mol. The van der Waals surface area contributed by atoms with Gasteiger partial charge in [-0.05, 0) is 42.8 Å². The van der Waals surface area contributed by atoms with E-state index in [9.17, 15) is 4.79 Å². The SMILES string of the molecule is CN(C(=O)OC(C)(C)C)[C@H]1C[C@H](Oc2ccc(Br)cn2)C1. The van der Waals surface area contributed by atoms with Crippen LogP contribution in [0.2, 0.25) is 0 Å². The molecule has 2 rings (SSSR count). The minimum absolute atomic E-state index is 0.105. The highest BCUT2D eigenvalue weighted by Gasteiger charge is 2.37. The van der Waals surface area contributed by atoms with Crippen LogP contribution < -0.4 is 4.74 Å². The number of carbonyl (C=O) groups is 1. The lowest BCUT2D eigenvalue weighted by molar-refractivity contribution is -0.00964. The molecule has 1 heterocycles. The summed E-state index contributed by atoms with van der Waals surface area (Å²) in [5.74, 6) is 0.613. The lowest BCUT2D eigenvalue weighted by Crippen LogP contribution is -2.51. The Labute approximate surface area is 133 Å². The van der Waals surface area contributed by atoms with E-state index in [4.69, 9.17) is 9.47 Å². The molecule has 0 radical (unpaired) electrons. The van der Waals surface area contributed by atoms with E-state index in [0.717, 1.165) is 17.3 Å². The highest BCUT2D eigenvalue weighted by atomic mass is 79.9. The fourth-order valence-corrected chi connectivity index (χ4v) is 2.27. The fraction of sp³-hybridized carbons (Fsp3) is 0.600. The molecule has 0 spiro atoms. The van der Waals surface area contributed by atoms with Crippen LogP contribution in [0.1, 0.15) is 33.6 Å². The van der Waals surface area contributed by atoms with Gasteiger partial charge in [0.2, 0.25) is 5.88 Å². The molecule has 0 bridgehead atoms. The first-order valence-electron chi connectivity index (χ1n) is 6.98. The largest absolute Gasteiger partial charge is 0.474 e. The van der Waals surface area contributed by atoms with Crippen molar-refractivity contribution in [2.45, 2.75) is 51.4 Å². The molecule has 0 aromatic carbocycles. The lowest BCUT2D eigenvalue weighted by Gasteiger charge is -2.40. The van der Waals surface area contributed by atoms with Gasteiger partial charge in [0.05, 0.1) is 0 Å². The third kappa shape index (κ3) is 4.59. The second kappa shape index (κ2) is 6.22. The molecule has 0 aliphatic heterocycles. The van der Waals surface area contributed by atoms with Crippen molar-refractivity contribution in [1.29, 1.82) is 0 Å². The van der Waals surface area contributed by atoms with Crippen LogP contribution in [0.4, 0.5) is 4.79 Å². The molecule has 116 valence electrons. The van der Waals surface area contributed by atoms with E-state index < -0.39 is 5.60 Å². The lowest BCUT2D eigenvalue weighted by atomic mass is 9.88. The van der Waals surface area contributed by atoms with Crippen molar-refractivity contribution in [3.63, 3.8) is 0 Å². The van der Waals surface area contributed by atoms with Gasteiger partial charge < -0.3 is 14.4 Å². The van der Waals surface area contributed by atoms with Crippen molar-refractivity contribution in [3.8, 4) is 5.88 Å². The summed E-state index contributed by atoms with van der Waals surface area (Å²) in [6, 6.07) is 3.89. The third-order valence-electron chi connectivity index (χ3n) is 3.29. The number of carbonyl (C=O) groups excluding carboxylic acids is 1. The maximum atomic E-state index is 11.9. The van der Waals surface area contributed by atoms with Gasteiger partial charge in [0, 0.05) is 42.7 Å². The molecule has 21 heavy (non-hydrogen) atoms. The van der Waals surface area contributed by atoms with E-state index in [1.54, 1.807) is 18.1 Å². The first-order chi connectivity index (χ1) is 9.74. The molecule has 1 amide bonds. The average molecular weight is 357 g/mol. The standard InChI is InChI=1S/C15H21BrN2O3/c1-15(2,3)21-14(19)18(4)11-7-12(8-11)20-13-6-5-10(16)9-17-13/h5-6,9,11-12H,7-8H2,1-4H3/t11-,12-. The van der Waals surface area contributed by atoms with Gasteiger partial charge in [-0.15, -0.1) is 0 Å². The predicted octanol–water partition coefficient (Wildman–Crippen LogP) is 3.62. The Kier molecular flexibility index (Phi) is 4.76. The van der Waals surface area contributed by atoms with Gasteiger partial charge in [-0.1, -0.05) is 0 Å². The molecule has 6 heteroatoms. The molecule has 0 saturated heterocycles. The summed E-state index contributed by atoms with van der Waals surface area (Å²) in [6.07, 6.45) is 3.13. The molecule has 0 unspecified atom stereocenters. The van der Waals surface area contributed by atoms with E-state index >= 15 is 0 Å². The van der Waals surface area contributed by atoms with Crippen molar-refractivity contribution >= 4 is 22.0 Å². The number of pyridine rings is 1. The van der Waals surface area contributed by atoms with E-state index in [2.05, 4.69) is 20.9 Å². The van der Waals surface area contributed by atoms with E-state index in [-0.39, 0.29) is 18.2 Å². The molecule has 1 saturated carbocycles. The quantitative estimate of drug-likeness (QED) is 0.829. The van der Waals surface area contributed by atoms with E-state index in [0.29, 0.717) is 5.88 Å². The molecular weight excluding hydrogens is 336 g/mol. The molecule has 1 aliphatic rings. The van der Waals surface area contributed by atoms with Crippen LogP contribution in [0.15, 0.2) is 22.8 Å². The first-order valence-corrected chi connectivity index (χ1v) is 7.78. The summed E-state index contributed by atoms with van der Waals surface area (Å²) in [5, 5.41) is 0. The van der Waals surface area contributed by atoms with E-state index in [1.807, 2.05) is 32.9 Å². The van der Waals surface area contributed by atoms with Crippen LogP contribution in [-0.2, 0) is 4.74 Å². The normalized spacial score (nSPS) is 21.4. The van der Waals surface area contributed by atoms with Crippen LogP contribution in [0.25, 0.3) is 0 Å². The molecule has 5 nitrogen and oxygen atoms in total. The highest BCUT2D eigenvalue weighted by Crippen LogP contribution is 2.29. The number of ether oxygens (including phenoxy) is 2. The fourth-order valence-electron chi connectivity index (χ4n) is 2.04. The van der Waals surface area contributed by atoms with Gasteiger partial charge in [0.1, 0.15) is 11.7 Å². The molecule has 1 aliphatic carbocycles. The molecule has 1 aromatic heterocycles. The summed E-state index contributed by atoms with van der Waals surface area (Å²) in [4.78, 5) is 17.8. The summed E-state index contributed by atoms with van der Waals surface area (Å²) >= 11 is 3.33. The molecule has 1 fully saturated rings. The molecular formula is C15H21BrN2O3. The Morgan fingerprint density at radius 3 is 2.57 bits per heavy atom. The number of amides is 1. The minimum Gasteiger partial charge on any atom is -0.474 e. The van der Waals surface area contributed by atoms with Crippen LogP contribution in [-0.4, -0.2) is 40.8 Å². The van der Waals surface area contributed by atoms with Crippen molar-refractivity contribution in [3.05, 3.63) is 22.8 Å². The molecule has 1 aromatic rings. The highest BCUT2D eigenvalue weighted by molar-refractivity contribution is 9.10. The van der Waals surface area contributed by atoms with Crippen molar-refractivity contribution in [2.24, 2.45) is 0 Å². The topological polar surface area (TPSA) is 51.7 Å². The maximum absolute atomic E-state index is 11.9. The van der Waals surface area contributed by atoms with Gasteiger partial charge in [-0.3, -0.25) is 0 Å². The van der Waals surface area contributed by atoms with Gasteiger partial charge in [-0.25, -0.2) is 9.78 Å². The zero-order chi connectivity index (χ0) is 15.6. The summed E-state index contributed by atoms with van der Waals surface area (Å²) in [5.41, 5.74) is -0.466. The predicted molar refractivity (Wildman–Crippen MR) is 83.4 cm³/mol. The summed E-state index contributed by atoms with van der Waals surface area (Å²) < 4.78 is 12.0. The zero-order valence-corrected chi connectivity index (χ0v) is 14.4. The van der Waals surface area contributed by atoms with Crippen LogP contribution in [0.5, 0.6) is 5.88 Å². The number of rotatable bonds is 3. The second-order valence-electron chi connectivity index (χ2n) is 6.27. The van der Waals surface area contributed by atoms with Crippen LogP contribution in [0, 0.1) is 0 Å². The smallest absolute Gasteiger partial charge is 0.410 e. The maximum Gasteiger partial charge on any atom is 0.410 e. The molecule has 0 N–H and O–H groups in total. The van der Waals surface area contributed by atoms with Crippen LogP contribution >= 0.6 is 15.9 Å². The summed E-state index contributed by atoms with van der Waals surface area (Å²) in [7, 11) is 1.77. The van der Waals surface area contributed by atoms with E-state index in [1.165, 1.54) is 0 Å². The Morgan fingerprint density at radius 1 is 1.38 bits per heavy atom. The first kappa shape index (κ1) is 16.1. The van der Waals surface area contributed by atoms with Gasteiger partial charge >= 0.3 is 6.09 Å². The number of nitrogens with zero attached hydrogens (tertiary/aromatic N) is 2. The van der Waals surface area contributed by atoms with Gasteiger partial charge in [-0.2, -0.15) is 0 Å². The van der Waals surface area contributed by atoms with Gasteiger partial charge in [0.25, 0.3) is 0 Å². The zero-order valence-electron chi connectivity index (χ0n) is 12.8. The van der Waals surface area contributed by atoms with Gasteiger partial charge in [0.15, 0.2) is 0 Å². The number of halogens is 1. The second-order valence-corrected chi connectivity index (χ2v) is 7.19. The Morgan fingerprint density at radius 2 is 2.05 bits per heavy atom. The Bertz CT molecular complexity index is 493. The number of hydrogen-bond donors (Lipinski definition) is 0. The summed E-state index contributed by atoms with van der Waals surface area (Å²) in [6.45, 7) is 5.60. The van der Waals surface area contributed by atoms with Crippen LogP contribution in [0.3, 0.4) is 0 Å². The van der Waals surface area contributed by atoms with Crippen molar-refractivity contribution in [1.82, 2.24) is 9.88 Å².